The molecule has 3 aromatic rings. The summed E-state index contributed by atoms with van der Waals surface area (Å²) in [6.45, 7) is 0. The van der Waals surface area contributed by atoms with Gasteiger partial charge in [-0.2, -0.15) is 5.10 Å². The molecule has 0 radical (unpaired) electrons. The lowest BCUT2D eigenvalue weighted by Crippen LogP contribution is -2.14. The molecule has 100 valence electrons. The maximum atomic E-state index is 12.2. The van der Waals surface area contributed by atoms with E-state index in [-0.39, 0.29) is 15.9 Å². The minimum absolute atomic E-state index is 0.0215. The summed E-state index contributed by atoms with van der Waals surface area (Å²) in [4.78, 5) is 12.2. The van der Waals surface area contributed by atoms with Crippen LogP contribution in [0.25, 0.3) is 10.9 Å². The second-order valence-electron chi connectivity index (χ2n) is 3.94. The van der Waals surface area contributed by atoms with Crippen molar-refractivity contribution in [3.63, 3.8) is 0 Å². The Morgan fingerprint density at radius 1 is 1.20 bits per heavy atom. The Labute approximate surface area is 123 Å². The maximum absolute atomic E-state index is 12.2. The van der Waals surface area contributed by atoms with Gasteiger partial charge >= 0.3 is 0 Å². The second-order valence-corrected chi connectivity index (χ2v) is 4.69. The van der Waals surface area contributed by atoms with Crippen LogP contribution in [0.3, 0.4) is 0 Å². The molecule has 0 atom stereocenters. The highest BCUT2D eigenvalue weighted by Gasteiger charge is 2.15. The third-order valence-corrected chi connectivity index (χ3v) is 3.13. The standard InChI is InChI=1S/C12H7Cl2N5O/c13-9-5-7(10(14)18-17-9)12(20)15-11-6-3-1-2-4-8(6)16-19-11/h1-5H,(H2,15,16,19,20). The van der Waals surface area contributed by atoms with Crippen molar-refractivity contribution in [2.24, 2.45) is 0 Å². The zero-order chi connectivity index (χ0) is 14.1. The highest BCUT2D eigenvalue weighted by molar-refractivity contribution is 6.34. The van der Waals surface area contributed by atoms with Crippen LogP contribution in [0.2, 0.25) is 10.3 Å². The first-order chi connectivity index (χ1) is 9.65. The molecule has 2 heterocycles. The van der Waals surface area contributed by atoms with E-state index in [9.17, 15) is 4.79 Å². The predicted octanol–water partition coefficient (Wildman–Crippen LogP) is 2.91. The van der Waals surface area contributed by atoms with E-state index in [0.717, 1.165) is 10.9 Å². The molecule has 6 nitrogen and oxygen atoms in total. The predicted molar refractivity (Wildman–Crippen MR) is 76.1 cm³/mol. The molecule has 0 unspecified atom stereocenters. The number of hydrogen-bond donors (Lipinski definition) is 2. The number of anilines is 1. The van der Waals surface area contributed by atoms with Crippen molar-refractivity contribution >= 4 is 45.8 Å². The molecular formula is C12H7Cl2N5O. The Morgan fingerprint density at radius 3 is 2.85 bits per heavy atom. The second kappa shape index (κ2) is 5.07. The lowest BCUT2D eigenvalue weighted by atomic mass is 10.2. The van der Waals surface area contributed by atoms with Gasteiger partial charge in [-0.15, -0.1) is 10.2 Å². The lowest BCUT2D eigenvalue weighted by molar-refractivity contribution is 0.102. The van der Waals surface area contributed by atoms with Crippen LogP contribution in [0.1, 0.15) is 10.4 Å². The minimum atomic E-state index is -0.455. The van der Waals surface area contributed by atoms with Gasteiger partial charge in [-0.3, -0.25) is 9.89 Å². The molecule has 2 N–H and O–H groups in total. The van der Waals surface area contributed by atoms with Crippen molar-refractivity contribution in [1.82, 2.24) is 20.4 Å². The normalized spacial score (nSPS) is 10.7. The summed E-state index contributed by atoms with van der Waals surface area (Å²) < 4.78 is 0. The molecule has 0 fully saturated rings. The Bertz CT molecular complexity index is 801. The number of aromatic nitrogens is 4. The van der Waals surface area contributed by atoms with Gasteiger partial charge in [-0.05, 0) is 18.2 Å². The summed E-state index contributed by atoms with van der Waals surface area (Å²) in [6.07, 6.45) is 0. The average Bonchev–Trinajstić information content (AvgIpc) is 2.85. The molecule has 0 aliphatic heterocycles. The monoisotopic (exact) mass is 307 g/mol. The van der Waals surface area contributed by atoms with E-state index in [2.05, 4.69) is 25.7 Å². The van der Waals surface area contributed by atoms with Gasteiger partial charge in [0, 0.05) is 5.39 Å². The topological polar surface area (TPSA) is 83.6 Å². The molecule has 1 aromatic carbocycles. The van der Waals surface area contributed by atoms with E-state index in [1.165, 1.54) is 6.07 Å². The van der Waals surface area contributed by atoms with E-state index in [4.69, 9.17) is 23.2 Å². The van der Waals surface area contributed by atoms with Crippen LogP contribution in [-0.2, 0) is 0 Å². The Morgan fingerprint density at radius 2 is 2.00 bits per heavy atom. The molecule has 8 heteroatoms. The van der Waals surface area contributed by atoms with Gasteiger partial charge in [-0.25, -0.2) is 0 Å². The summed E-state index contributed by atoms with van der Waals surface area (Å²) in [5.41, 5.74) is 0.957. The zero-order valence-electron chi connectivity index (χ0n) is 9.89. The van der Waals surface area contributed by atoms with E-state index in [0.29, 0.717) is 5.82 Å². The summed E-state index contributed by atoms with van der Waals surface area (Å²) in [6, 6.07) is 8.77. The first-order valence-electron chi connectivity index (χ1n) is 5.58. The number of hydrogen-bond acceptors (Lipinski definition) is 4. The van der Waals surface area contributed by atoms with Gasteiger partial charge in [-0.1, -0.05) is 35.3 Å². The number of rotatable bonds is 2. The van der Waals surface area contributed by atoms with Gasteiger partial charge < -0.3 is 5.32 Å². The fourth-order valence-corrected chi connectivity index (χ4v) is 2.07. The van der Waals surface area contributed by atoms with Crippen LogP contribution in [-0.4, -0.2) is 26.3 Å². The summed E-state index contributed by atoms with van der Waals surface area (Å²) in [5.74, 6) is -0.0429. The number of amides is 1. The van der Waals surface area contributed by atoms with Crippen molar-refractivity contribution in [3.05, 3.63) is 46.2 Å². The minimum Gasteiger partial charge on any atom is -0.304 e. The van der Waals surface area contributed by atoms with Crippen LogP contribution < -0.4 is 5.32 Å². The number of nitrogens with one attached hydrogen (secondary N) is 2. The van der Waals surface area contributed by atoms with E-state index >= 15 is 0 Å². The molecule has 0 aliphatic rings. The Kier molecular flexibility index (Phi) is 3.25. The number of benzene rings is 1. The number of para-hydroxylation sites is 1. The average molecular weight is 308 g/mol. The Hall–Kier alpha value is -2.18. The number of H-pyrrole nitrogens is 1. The lowest BCUT2D eigenvalue weighted by Gasteiger charge is -2.03. The molecular weight excluding hydrogens is 301 g/mol. The third-order valence-electron chi connectivity index (χ3n) is 2.67. The van der Waals surface area contributed by atoms with Crippen molar-refractivity contribution in [2.45, 2.75) is 0 Å². The molecule has 0 saturated heterocycles. The fraction of sp³-hybridized carbons (Fsp3) is 0. The molecule has 3 rings (SSSR count). The molecule has 1 amide bonds. The first kappa shape index (κ1) is 12.8. The molecule has 0 spiro atoms. The number of carbonyl (C=O) groups excluding carboxylic acids is 1. The molecule has 0 aliphatic carbocycles. The quantitative estimate of drug-likeness (QED) is 0.762. The fourth-order valence-electron chi connectivity index (χ4n) is 1.75. The van der Waals surface area contributed by atoms with E-state index in [1.807, 2.05) is 24.3 Å². The van der Waals surface area contributed by atoms with Crippen LogP contribution in [0.4, 0.5) is 5.82 Å². The summed E-state index contributed by atoms with van der Waals surface area (Å²) in [5, 5.41) is 17.5. The van der Waals surface area contributed by atoms with Gasteiger partial charge in [0.2, 0.25) is 0 Å². The largest absolute Gasteiger partial charge is 0.304 e. The molecule has 0 bridgehead atoms. The summed E-state index contributed by atoms with van der Waals surface area (Å²) >= 11 is 11.5. The van der Waals surface area contributed by atoms with Crippen molar-refractivity contribution in [2.75, 3.05) is 5.32 Å². The molecule has 0 saturated carbocycles. The Balaban J connectivity index is 1.94. The third kappa shape index (κ3) is 2.31. The summed E-state index contributed by atoms with van der Waals surface area (Å²) in [7, 11) is 0. The smallest absolute Gasteiger partial charge is 0.260 e. The molecule has 2 aromatic heterocycles. The number of fused-ring (bicyclic) bond motifs is 1. The van der Waals surface area contributed by atoms with Crippen LogP contribution in [0.15, 0.2) is 30.3 Å². The highest BCUT2D eigenvalue weighted by Crippen LogP contribution is 2.22. The number of carbonyl (C=O) groups is 1. The van der Waals surface area contributed by atoms with Crippen LogP contribution in [0.5, 0.6) is 0 Å². The number of aromatic amines is 1. The van der Waals surface area contributed by atoms with Gasteiger partial charge in [0.25, 0.3) is 5.91 Å². The van der Waals surface area contributed by atoms with Crippen molar-refractivity contribution < 1.29 is 4.79 Å². The highest BCUT2D eigenvalue weighted by atomic mass is 35.5. The van der Waals surface area contributed by atoms with Gasteiger partial charge in [0.05, 0.1) is 11.1 Å². The maximum Gasteiger partial charge on any atom is 0.260 e. The molecule has 20 heavy (non-hydrogen) atoms. The first-order valence-corrected chi connectivity index (χ1v) is 6.34. The number of nitrogens with zero attached hydrogens (tertiary/aromatic N) is 3. The SMILES string of the molecule is O=C(Nc1n[nH]c2ccccc12)c1cc(Cl)nnc1Cl. The van der Waals surface area contributed by atoms with Gasteiger partial charge in [0.15, 0.2) is 16.1 Å². The van der Waals surface area contributed by atoms with E-state index < -0.39 is 5.91 Å². The van der Waals surface area contributed by atoms with Crippen molar-refractivity contribution in [3.8, 4) is 0 Å². The number of halogens is 2. The van der Waals surface area contributed by atoms with Crippen LogP contribution in [0, 0.1) is 0 Å². The van der Waals surface area contributed by atoms with Gasteiger partial charge in [0.1, 0.15) is 0 Å². The van der Waals surface area contributed by atoms with Crippen LogP contribution >= 0.6 is 23.2 Å². The van der Waals surface area contributed by atoms with Crippen molar-refractivity contribution in [1.29, 1.82) is 0 Å². The van der Waals surface area contributed by atoms with E-state index in [1.54, 1.807) is 0 Å². The zero-order valence-corrected chi connectivity index (χ0v) is 11.4.